The maximum Gasteiger partial charge on any atom is 0.306 e. The van der Waals surface area contributed by atoms with E-state index in [9.17, 15) is 14.4 Å². The molecule has 0 radical (unpaired) electrons. The molecule has 0 aliphatic heterocycles. The molecule has 0 fully saturated rings. The molecule has 0 rings (SSSR count). The van der Waals surface area contributed by atoms with Crippen molar-refractivity contribution < 1.29 is 28.6 Å². The Hall–Kier alpha value is -4.19. The van der Waals surface area contributed by atoms with Crippen LogP contribution in [-0.2, 0) is 28.6 Å². The van der Waals surface area contributed by atoms with Gasteiger partial charge in [0, 0.05) is 19.3 Å². The summed E-state index contributed by atoms with van der Waals surface area (Å²) in [5.41, 5.74) is 0. The minimum absolute atomic E-state index is 0.0834. The number of unbranched alkanes of at least 4 members (excludes halogenated alkanes) is 29. The van der Waals surface area contributed by atoms with E-state index in [1.54, 1.807) is 0 Å². The van der Waals surface area contributed by atoms with Crippen molar-refractivity contribution in [2.45, 2.75) is 316 Å². The molecule has 456 valence electrons. The van der Waals surface area contributed by atoms with Crippen molar-refractivity contribution in [1.29, 1.82) is 0 Å². The Kier molecular flexibility index (Phi) is 63.8. The molecule has 6 nitrogen and oxygen atoms in total. The number of hydrogen-bond acceptors (Lipinski definition) is 6. The van der Waals surface area contributed by atoms with E-state index in [-0.39, 0.29) is 31.1 Å². The zero-order valence-electron chi connectivity index (χ0n) is 52.3. The fourth-order valence-electron chi connectivity index (χ4n) is 9.20. The maximum atomic E-state index is 12.9. The average molecular weight is 1110 g/mol. The molecule has 0 spiro atoms. The molecule has 0 aromatic carbocycles. The van der Waals surface area contributed by atoms with Crippen LogP contribution in [0.3, 0.4) is 0 Å². The molecule has 0 aliphatic rings. The Morgan fingerprint density at radius 2 is 0.487 bits per heavy atom. The molecular weight excluding hydrogens is 985 g/mol. The number of carbonyl (C=O) groups excluding carboxylic acids is 3. The molecular formula is C74H124O6. The average Bonchev–Trinajstić information content (AvgIpc) is 3.46. The van der Waals surface area contributed by atoms with Gasteiger partial charge in [-0.15, -0.1) is 0 Å². The van der Waals surface area contributed by atoms with E-state index >= 15 is 0 Å². The smallest absolute Gasteiger partial charge is 0.306 e. The predicted octanol–water partition coefficient (Wildman–Crippen LogP) is 23.2. The fraction of sp³-hybridized carbons (Fsp3) is 0.689. The molecule has 0 aromatic rings. The van der Waals surface area contributed by atoms with E-state index in [2.05, 4.69) is 142 Å². The van der Waals surface area contributed by atoms with Crippen LogP contribution in [0.5, 0.6) is 0 Å². The van der Waals surface area contributed by atoms with Crippen LogP contribution in [0, 0.1) is 0 Å². The van der Waals surface area contributed by atoms with Crippen molar-refractivity contribution in [3.63, 3.8) is 0 Å². The van der Waals surface area contributed by atoms with E-state index in [1.165, 1.54) is 141 Å². The highest BCUT2D eigenvalue weighted by atomic mass is 16.6. The molecule has 1 atom stereocenters. The highest BCUT2D eigenvalue weighted by molar-refractivity contribution is 5.71. The van der Waals surface area contributed by atoms with E-state index in [1.807, 2.05) is 0 Å². The number of hydrogen-bond donors (Lipinski definition) is 0. The molecule has 0 N–H and O–H groups in total. The summed E-state index contributed by atoms with van der Waals surface area (Å²) in [6.07, 6.45) is 93.5. The second-order valence-corrected chi connectivity index (χ2v) is 22.0. The predicted molar refractivity (Wildman–Crippen MR) is 348 cm³/mol. The first-order chi connectivity index (χ1) is 39.5. The van der Waals surface area contributed by atoms with Gasteiger partial charge >= 0.3 is 17.9 Å². The summed E-state index contributed by atoms with van der Waals surface area (Å²) in [7, 11) is 0. The van der Waals surface area contributed by atoms with Crippen molar-refractivity contribution >= 4 is 17.9 Å². The molecule has 0 heterocycles. The van der Waals surface area contributed by atoms with Crippen LogP contribution in [0.1, 0.15) is 310 Å². The van der Waals surface area contributed by atoms with Gasteiger partial charge in [-0.25, -0.2) is 0 Å². The second kappa shape index (κ2) is 67.3. The van der Waals surface area contributed by atoms with Gasteiger partial charge in [-0.05, 0) is 116 Å². The molecule has 0 amide bonds. The van der Waals surface area contributed by atoms with Gasteiger partial charge in [0.1, 0.15) is 13.2 Å². The van der Waals surface area contributed by atoms with Crippen molar-refractivity contribution in [2.24, 2.45) is 0 Å². The molecule has 0 saturated carbocycles. The van der Waals surface area contributed by atoms with Crippen LogP contribution in [0.4, 0.5) is 0 Å². The third-order valence-corrected chi connectivity index (χ3v) is 14.2. The van der Waals surface area contributed by atoms with Gasteiger partial charge < -0.3 is 14.2 Å². The summed E-state index contributed by atoms with van der Waals surface area (Å²) < 4.78 is 16.9. The lowest BCUT2D eigenvalue weighted by atomic mass is 10.0. The first-order valence-electron chi connectivity index (χ1n) is 33.5. The maximum absolute atomic E-state index is 12.9. The SMILES string of the molecule is CC/C=C\C/C=C\C/C=C\C/C=C\C/C=C\C/C=C\C/C=C\C/C=C\CCCCCCCCC(=O)OCC(COC(=O)CCCCCCCCCCCCCC)OC(=O)CCCCCCCCCCC/C=C\C/C=C\CCCCC. The Labute approximate surface area is 494 Å². The monoisotopic (exact) mass is 1110 g/mol. The zero-order chi connectivity index (χ0) is 57.8. The first-order valence-corrected chi connectivity index (χ1v) is 33.5. The summed E-state index contributed by atoms with van der Waals surface area (Å²) in [5.74, 6) is -0.895. The van der Waals surface area contributed by atoms with E-state index < -0.39 is 6.10 Å². The van der Waals surface area contributed by atoms with Crippen LogP contribution in [0.25, 0.3) is 0 Å². The lowest BCUT2D eigenvalue weighted by Crippen LogP contribution is -2.30. The third kappa shape index (κ3) is 64.6. The van der Waals surface area contributed by atoms with Crippen molar-refractivity contribution in [1.82, 2.24) is 0 Å². The first kappa shape index (κ1) is 75.8. The minimum atomic E-state index is -0.788. The van der Waals surface area contributed by atoms with Gasteiger partial charge in [-0.1, -0.05) is 296 Å². The number of ether oxygens (including phenoxy) is 3. The molecule has 80 heavy (non-hydrogen) atoms. The number of rotatable bonds is 60. The van der Waals surface area contributed by atoms with Crippen molar-refractivity contribution in [3.8, 4) is 0 Å². The van der Waals surface area contributed by atoms with Crippen LogP contribution >= 0.6 is 0 Å². The molecule has 0 bridgehead atoms. The molecule has 0 aliphatic carbocycles. The Morgan fingerprint density at radius 3 is 0.787 bits per heavy atom. The van der Waals surface area contributed by atoms with Crippen LogP contribution in [-0.4, -0.2) is 37.2 Å². The van der Waals surface area contributed by atoms with Gasteiger partial charge in [-0.3, -0.25) is 14.4 Å². The quantitative estimate of drug-likeness (QED) is 0.0261. The summed E-state index contributed by atoms with van der Waals surface area (Å²) in [6.45, 7) is 6.50. The Morgan fingerprint density at radius 1 is 0.263 bits per heavy atom. The minimum Gasteiger partial charge on any atom is -0.462 e. The second-order valence-electron chi connectivity index (χ2n) is 22.0. The Balaban J connectivity index is 4.32. The normalized spacial score (nSPS) is 12.9. The lowest BCUT2D eigenvalue weighted by molar-refractivity contribution is -0.167. The number of allylic oxidation sites excluding steroid dienone is 20. The molecule has 0 aromatic heterocycles. The molecule has 6 heteroatoms. The summed E-state index contributed by atoms with van der Waals surface area (Å²) in [6, 6.07) is 0. The lowest BCUT2D eigenvalue weighted by Gasteiger charge is -2.18. The van der Waals surface area contributed by atoms with Gasteiger partial charge in [0.15, 0.2) is 6.10 Å². The van der Waals surface area contributed by atoms with Crippen LogP contribution in [0.15, 0.2) is 122 Å². The summed E-state index contributed by atoms with van der Waals surface area (Å²) in [4.78, 5) is 38.3. The van der Waals surface area contributed by atoms with E-state index in [0.717, 1.165) is 128 Å². The van der Waals surface area contributed by atoms with Crippen LogP contribution < -0.4 is 0 Å². The largest absolute Gasteiger partial charge is 0.462 e. The van der Waals surface area contributed by atoms with Crippen molar-refractivity contribution in [3.05, 3.63) is 122 Å². The fourth-order valence-corrected chi connectivity index (χ4v) is 9.20. The summed E-state index contributed by atoms with van der Waals surface area (Å²) in [5, 5.41) is 0. The third-order valence-electron chi connectivity index (χ3n) is 14.2. The van der Waals surface area contributed by atoms with Gasteiger partial charge in [0.25, 0.3) is 0 Å². The van der Waals surface area contributed by atoms with E-state index in [0.29, 0.717) is 19.3 Å². The Bertz CT molecular complexity index is 1650. The molecule has 1 unspecified atom stereocenters. The topological polar surface area (TPSA) is 78.9 Å². The van der Waals surface area contributed by atoms with Gasteiger partial charge in [0.2, 0.25) is 0 Å². The zero-order valence-corrected chi connectivity index (χ0v) is 52.3. The summed E-state index contributed by atoms with van der Waals surface area (Å²) >= 11 is 0. The van der Waals surface area contributed by atoms with Gasteiger partial charge in [-0.2, -0.15) is 0 Å². The van der Waals surface area contributed by atoms with Gasteiger partial charge in [0.05, 0.1) is 0 Å². The number of carbonyl (C=O) groups is 3. The standard InChI is InChI=1S/C74H124O6/c1-4-7-10-13-16-19-22-25-27-29-31-32-33-34-35-36-37-38-39-40-41-42-44-45-47-49-52-55-58-61-64-67-73(76)79-70-71(69-78-72(75)66-63-60-57-54-51-24-21-18-15-12-9-6-3)80-74(77)68-65-62-59-56-53-50-48-46-43-30-28-26-23-20-17-14-11-8-5-2/h7,10,16-17,19-20,25-28,31-32,34-35,37-38,40-41,44-45,71H,4-6,8-9,11-15,18,21-24,29-30,33,36,39,42-43,46-70H2,1-3H3/b10-7-,19-16-,20-17-,27-25-,28-26-,32-31-,35-34-,38-37-,41-40-,45-44-. The highest BCUT2D eigenvalue weighted by Gasteiger charge is 2.19. The van der Waals surface area contributed by atoms with E-state index in [4.69, 9.17) is 14.2 Å². The van der Waals surface area contributed by atoms with Crippen molar-refractivity contribution in [2.75, 3.05) is 13.2 Å². The highest BCUT2D eigenvalue weighted by Crippen LogP contribution is 2.16. The van der Waals surface area contributed by atoms with Crippen LogP contribution in [0.2, 0.25) is 0 Å². The number of esters is 3. The molecule has 0 saturated heterocycles.